The minimum atomic E-state index is -0.467. The van der Waals surface area contributed by atoms with Crippen LogP contribution in [0.5, 0.6) is 0 Å². The van der Waals surface area contributed by atoms with E-state index in [1.807, 2.05) is 30.3 Å². The number of benzene rings is 2. The standard InChI is InChI=1S/C23H21N5O2S/c24-21(29)16-9-4-8-15-19(28-31-20(15)16)23-26-18-10-5-11-30-13-17(18)22(27-23)25-12-14-6-2-1-3-7-14/h1-4,6-9H,5,10-13H2,(H2,24,29)(H,25,26,27). The monoisotopic (exact) mass is 431 g/mol. The minimum Gasteiger partial charge on any atom is -0.377 e. The Hall–Kier alpha value is -3.36. The van der Waals surface area contributed by atoms with Gasteiger partial charge in [-0.25, -0.2) is 9.97 Å². The average molecular weight is 432 g/mol. The van der Waals surface area contributed by atoms with Crippen LogP contribution in [0.3, 0.4) is 0 Å². The Labute approximate surface area is 183 Å². The number of carbonyl (C=O) groups excluding carboxylic acids is 1. The highest BCUT2D eigenvalue weighted by Crippen LogP contribution is 2.33. The summed E-state index contributed by atoms with van der Waals surface area (Å²) in [7, 11) is 0. The highest BCUT2D eigenvalue weighted by atomic mass is 32.1. The molecule has 2 aromatic heterocycles. The van der Waals surface area contributed by atoms with Crippen molar-refractivity contribution in [3.8, 4) is 11.5 Å². The first-order valence-corrected chi connectivity index (χ1v) is 10.9. The Bertz CT molecular complexity index is 1260. The SMILES string of the molecule is NC(=O)c1cccc2c(-c3nc4c(c(NCc5ccccc5)n3)COCCC4)nsc12. The molecule has 0 unspecified atom stereocenters. The molecule has 1 amide bonds. The number of hydrogen-bond acceptors (Lipinski definition) is 7. The number of carbonyl (C=O) groups is 1. The lowest BCUT2D eigenvalue weighted by Crippen LogP contribution is -2.11. The van der Waals surface area contributed by atoms with Gasteiger partial charge < -0.3 is 15.8 Å². The normalized spacial score (nSPS) is 13.5. The molecule has 1 aliphatic rings. The first-order chi connectivity index (χ1) is 15.2. The van der Waals surface area contributed by atoms with Crippen LogP contribution in [0.4, 0.5) is 5.82 Å². The summed E-state index contributed by atoms with van der Waals surface area (Å²) in [5.74, 6) is 0.841. The topological polar surface area (TPSA) is 103 Å². The van der Waals surface area contributed by atoms with Gasteiger partial charge in [0.1, 0.15) is 11.5 Å². The van der Waals surface area contributed by atoms with E-state index < -0.39 is 5.91 Å². The van der Waals surface area contributed by atoms with Crippen LogP contribution in [0.15, 0.2) is 48.5 Å². The highest BCUT2D eigenvalue weighted by Gasteiger charge is 2.21. The van der Waals surface area contributed by atoms with Crippen molar-refractivity contribution in [2.75, 3.05) is 11.9 Å². The summed E-state index contributed by atoms with van der Waals surface area (Å²) < 4.78 is 11.1. The zero-order chi connectivity index (χ0) is 21.2. The molecule has 0 atom stereocenters. The van der Waals surface area contributed by atoms with Crippen molar-refractivity contribution >= 4 is 33.3 Å². The summed E-state index contributed by atoms with van der Waals surface area (Å²) in [6.45, 7) is 1.83. The van der Waals surface area contributed by atoms with Gasteiger partial charge in [0.15, 0.2) is 5.82 Å². The third-order valence-corrected chi connectivity index (χ3v) is 6.22. The molecule has 0 aliphatic carbocycles. The number of aryl methyl sites for hydroxylation is 1. The van der Waals surface area contributed by atoms with E-state index in [1.54, 1.807) is 6.07 Å². The molecule has 8 heteroatoms. The first-order valence-electron chi connectivity index (χ1n) is 10.1. The smallest absolute Gasteiger partial charge is 0.250 e. The van der Waals surface area contributed by atoms with Gasteiger partial charge in [0.2, 0.25) is 5.91 Å². The van der Waals surface area contributed by atoms with Gasteiger partial charge in [0, 0.05) is 24.1 Å². The Morgan fingerprint density at radius 3 is 2.84 bits per heavy atom. The van der Waals surface area contributed by atoms with E-state index in [-0.39, 0.29) is 0 Å². The molecule has 3 heterocycles. The van der Waals surface area contributed by atoms with Crippen molar-refractivity contribution < 1.29 is 9.53 Å². The Morgan fingerprint density at radius 2 is 2.00 bits per heavy atom. The quantitative estimate of drug-likeness (QED) is 0.496. The number of aromatic nitrogens is 3. The fourth-order valence-corrected chi connectivity index (χ4v) is 4.65. The van der Waals surface area contributed by atoms with Crippen molar-refractivity contribution in [1.82, 2.24) is 14.3 Å². The van der Waals surface area contributed by atoms with Gasteiger partial charge in [0.05, 0.1) is 22.6 Å². The van der Waals surface area contributed by atoms with E-state index in [0.29, 0.717) is 36.8 Å². The number of amides is 1. The zero-order valence-corrected chi connectivity index (χ0v) is 17.6. The van der Waals surface area contributed by atoms with Gasteiger partial charge in [0.25, 0.3) is 0 Å². The van der Waals surface area contributed by atoms with E-state index in [9.17, 15) is 4.79 Å². The molecular weight excluding hydrogens is 410 g/mol. The predicted molar refractivity (Wildman–Crippen MR) is 121 cm³/mol. The largest absolute Gasteiger partial charge is 0.377 e. The van der Waals surface area contributed by atoms with E-state index >= 15 is 0 Å². The van der Waals surface area contributed by atoms with Gasteiger partial charge in [-0.15, -0.1) is 0 Å². The van der Waals surface area contributed by atoms with E-state index in [1.165, 1.54) is 11.5 Å². The van der Waals surface area contributed by atoms with Crippen LogP contribution >= 0.6 is 11.5 Å². The summed E-state index contributed by atoms with van der Waals surface area (Å²) in [6.07, 6.45) is 1.73. The summed E-state index contributed by atoms with van der Waals surface area (Å²) in [6, 6.07) is 15.6. The van der Waals surface area contributed by atoms with Gasteiger partial charge >= 0.3 is 0 Å². The number of primary amides is 1. The van der Waals surface area contributed by atoms with Crippen molar-refractivity contribution in [2.45, 2.75) is 26.0 Å². The van der Waals surface area contributed by atoms with Crippen LogP contribution in [-0.2, 0) is 24.3 Å². The highest BCUT2D eigenvalue weighted by molar-refractivity contribution is 7.14. The third kappa shape index (κ3) is 3.87. The molecule has 3 N–H and O–H groups in total. The lowest BCUT2D eigenvalue weighted by molar-refractivity contribution is 0.100. The van der Waals surface area contributed by atoms with Crippen LogP contribution in [0, 0.1) is 0 Å². The fourth-order valence-electron chi connectivity index (χ4n) is 3.76. The number of fused-ring (bicyclic) bond motifs is 2. The van der Waals surface area contributed by atoms with Gasteiger partial charge in [-0.05, 0) is 36.0 Å². The number of ether oxygens (including phenoxy) is 1. The second-order valence-corrected chi connectivity index (χ2v) is 8.17. The molecule has 0 saturated heterocycles. The molecule has 31 heavy (non-hydrogen) atoms. The lowest BCUT2D eigenvalue weighted by atomic mass is 10.1. The molecule has 0 radical (unpaired) electrons. The molecule has 0 spiro atoms. The molecule has 0 bridgehead atoms. The lowest BCUT2D eigenvalue weighted by Gasteiger charge is -2.14. The summed E-state index contributed by atoms with van der Waals surface area (Å²) >= 11 is 1.25. The molecule has 7 nitrogen and oxygen atoms in total. The summed E-state index contributed by atoms with van der Waals surface area (Å²) in [5, 5.41) is 4.30. The molecule has 1 aliphatic heterocycles. The number of nitrogens with two attached hydrogens (primary N) is 1. The molecule has 156 valence electrons. The Morgan fingerprint density at radius 1 is 1.13 bits per heavy atom. The number of rotatable bonds is 5. The number of nitrogens with one attached hydrogen (secondary N) is 1. The van der Waals surface area contributed by atoms with Crippen molar-refractivity contribution in [3.05, 3.63) is 70.9 Å². The average Bonchev–Trinajstić information content (AvgIpc) is 3.08. The van der Waals surface area contributed by atoms with Crippen LogP contribution in [0.2, 0.25) is 0 Å². The van der Waals surface area contributed by atoms with Gasteiger partial charge in [-0.3, -0.25) is 4.79 Å². The van der Waals surface area contributed by atoms with E-state index in [2.05, 4.69) is 21.8 Å². The number of nitrogens with zero attached hydrogens (tertiary/aromatic N) is 3. The molecule has 5 rings (SSSR count). The van der Waals surface area contributed by atoms with E-state index in [0.717, 1.165) is 45.6 Å². The summed E-state index contributed by atoms with van der Waals surface area (Å²) in [4.78, 5) is 21.5. The maximum absolute atomic E-state index is 11.8. The molecule has 0 fully saturated rings. The minimum absolute atomic E-state index is 0.465. The number of hydrogen-bond donors (Lipinski definition) is 2. The second-order valence-electron chi connectivity index (χ2n) is 7.39. The Balaban J connectivity index is 1.59. The number of anilines is 1. The van der Waals surface area contributed by atoms with Crippen LogP contribution < -0.4 is 11.1 Å². The Kier molecular flexibility index (Phi) is 5.31. The summed E-state index contributed by atoms with van der Waals surface area (Å²) in [5.41, 5.74) is 9.81. The third-order valence-electron chi connectivity index (χ3n) is 5.32. The van der Waals surface area contributed by atoms with Crippen molar-refractivity contribution in [2.24, 2.45) is 5.73 Å². The van der Waals surface area contributed by atoms with Crippen LogP contribution in [0.1, 0.15) is 33.6 Å². The zero-order valence-electron chi connectivity index (χ0n) is 16.8. The fraction of sp³-hybridized carbons (Fsp3) is 0.217. The maximum atomic E-state index is 11.8. The van der Waals surface area contributed by atoms with Crippen LogP contribution in [-0.4, -0.2) is 26.9 Å². The van der Waals surface area contributed by atoms with Crippen molar-refractivity contribution in [1.29, 1.82) is 0 Å². The predicted octanol–water partition coefficient (Wildman–Crippen LogP) is 3.93. The van der Waals surface area contributed by atoms with Gasteiger partial charge in [-0.2, -0.15) is 4.37 Å². The van der Waals surface area contributed by atoms with Gasteiger partial charge in [-0.1, -0.05) is 42.5 Å². The van der Waals surface area contributed by atoms with Crippen molar-refractivity contribution in [3.63, 3.8) is 0 Å². The molecular formula is C23H21N5O2S. The molecule has 0 saturated carbocycles. The maximum Gasteiger partial charge on any atom is 0.250 e. The first kappa shape index (κ1) is 19.6. The molecule has 4 aromatic rings. The molecule has 2 aromatic carbocycles. The van der Waals surface area contributed by atoms with Crippen LogP contribution in [0.25, 0.3) is 21.6 Å². The van der Waals surface area contributed by atoms with E-state index in [4.69, 9.17) is 20.4 Å². The second kappa shape index (κ2) is 8.41.